The number of aryl methyl sites for hydroxylation is 1. The van der Waals surface area contributed by atoms with E-state index in [1.54, 1.807) is 36.9 Å². The Hall–Kier alpha value is -2.05. The van der Waals surface area contributed by atoms with E-state index < -0.39 is 16.1 Å². The van der Waals surface area contributed by atoms with E-state index in [1.165, 1.54) is 9.87 Å². The molecule has 0 spiro atoms. The Labute approximate surface area is 165 Å². The van der Waals surface area contributed by atoms with Gasteiger partial charge in [0, 0.05) is 18.1 Å². The highest BCUT2D eigenvalue weighted by Crippen LogP contribution is 2.29. The molecule has 1 heterocycles. The molecule has 0 bridgehead atoms. The number of carbonyl (C=O) groups excluding carboxylic acids is 1. The summed E-state index contributed by atoms with van der Waals surface area (Å²) in [7, 11) is -3.67. The average Bonchev–Trinajstić information content (AvgIpc) is 2.62. The fourth-order valence-corrected chi connectivity index (χ4v) is 4.93. The number of sulfonamides is 1. The van der Waals surface area contributed by atoms with E-state index in [1.807, 2.05) is 18.2 Å². The zero-order valence-corrected chi connectivity index (χ0v) is 17.2. The number of hydrogen-bond donors (Lipinski definition) is 0. The van der Waals surface area contributed by atoms with Crippen LogP contribution in [-0.2, 0) is 27.8 Å². The molecule has 1 unspecified atom stereocenters. The third-order valence-corrected chi connectivity index (χ3v) is 6.38. The highest BCUT2D eigenvalue weighted by Gasteiger charge is 2.34. The Bertz CT molecular complexity index is 975. The van der Waals surface area contributed by atoms with Gasteiger partial charge in [0.2, 0.25) is 15.9 Å². The van der Waals surface area contributed by atoms with Crippen molar-refractivity contribution in [3.8, 4) is 0 Å². The van der Waals surface area contributed by atoms with E-state index in [9.17, 15) is 13.2 Å². The summed E-state index contributed by atoms with van der Waals surface area (Å²) in [5, 5.41) is 0.427. The molecule has 0 aliphatic carbocycles. The van der Waals surface area contributed by atoms with Gasteiger partial charge in [0.15, 0.2) is 0 Å². The van der Waals surface area contributed by atoms with E-state index in [-0.39, 0.29) is 5.91 Å². The van der Waals surface area contributed by atoms with Gasteiger partial charge in [-0.05, 0) is 49.1 Å². The second-order valence-electron chi connectivity index (χ2n) is 6.94. The minimum atomic E-state index is -3.67. The third-order valence-electron chi connectivity index (χ3n) is 4.92. The molecule has 1 aliphatic rings. The summed E-state index contributed by atoms with van der Waals surface area (Å²) < 4.78 is 26.2. The Morgan fingerprint density at radius 3 is 2.52 bits per heavy atom. The van der Waals surface area contributed by atoms with Crippen molar-refractivity contribution in [3.05, 3.63) is 64.2 Å². The highest BCUT2D eigenvalue weighted by molar-refractivity contribution is 7.92. The van der Waals surface area contributed by atoms with Gasteiger partial charge in [0.1, 0.15) is 6.04 Å². The number of halogens is 1. The van der Waals surface area contributed by atoms with Crippen LogP contribution in [0, 0.1) is 6.92 Å². The predicted molar refractivity (Wildman–Crippen MR) is 109 cm³/mol. The first kappa shape index (κ1) is 19.7. The fourth-order valence-electron chi connectivity index (χ4n) is 3.54. The SMILES string of the molecule is Cc1ccc(Cl)cc1N(C(C)C(=O)N1CCc2ccccc2C1)S(C)(=O)=O. The number of fused-ring (bicyclic) bond motifs is 1. The largest absolute Gasteiger partial charge is 0.336 e. The van der Waals surface area contributed by atoms with Crippen LogP contribution in [0.2, 0.25) is 5.02 Å². The molecular formula is C20H23ClN2O3S. The van der Waals surface area contributed by atoms with Crippen molar-refractivity contribution in [2.45, 2.75) is 32.9 Å². The van der Waals surface area contributed by atoms with Crippen LogP contribution in [0.15, 0.2) is 42.5 Å². The molecule has 1 aliphatic heterocycles. The quantitative estimate of drug-likeness (QED) is 0.782. The first-order valence-corrected chi connectivity index (χ1v) is 11.0. The maximum Gasteiger partial charge on any atom is 0.246 e. The lowest BCUT2D eigenvalue weighted by molar-refractivity contribution is -0.132. The van der Waals surface area contributed by atoms with Crippen LogP contribution in [0.1, 0.15) is 23.6 Å². The molecule has 2 aromatic rings. The normalized spacial score (nSPS) is 15.2. The zero-order chi connectivity index (χ0) is 19.8. The number of hydrogen-bond acceptors (Lipinski definition) is 3. The first-order valence-electron chi connectivity index (χ1n) is 8.79. The average molecular weight is 407 g/mol. The van der Waals surface area contributed by atoms with Crippen molar-refractivity contribution in [3.63, 3.8) is 0 Å². The molecule has 0 radical (unpaired) electrons. The molecule has 5 nitrogen and oxygen atoms in total. The van der Waals surface area contributed by atoms with Gasteiger partial charge in [-0.3, -0.25) is 9.10 Å². The summed E-state index contributed by atoms with van der Waals surface area (Å²) in [5.41, 5.74) is 3.52. The summed E-state index contributed by atoms with van der Waals surface area (Å²) in [6.45, 7) is 4.50. The van der Waals surface area contributed by atoms with Gasteiger partial charge in [0.05, 0.1) is 11.9 Å². The number of nitrogens with zero attached hydrogens (tertiary/aromatic N) is 2. The van der Waals surface area contributed by atoms with Crippen LogP contribution in [0.5, 0.6) is 0 Å². The van der Waals surface area contributed by atoms with Crippen molar-refractivity contribution in [2.75, 3.05) is 17.1 Å². The van der Waals surface area contributed by atoms with Crippen LogP contribution in [-0.4, -0.2) is 38.1 Å². The smallest absolute Gasteiger partial charge is 0.246 e. The van der Waals surface area contributed by atoms with Crippen LogP contribution >= 0.6 is 11.6 Å². The van der Waals surface area contributed by atoms with Gasteiger partial charge >= 0.3 is 0 Å². The lowest BCUT2D eigenvalue weighted by Gasteiger charge is -2.35. The molecule has 144 valence electrons. The Morgan fingerprint density at radius 1 is 1.19 bits per heavy atom. The molecule has 0 fully saturated rings. The molecule has 0 saturated carbocycles. The number of anilines is 1. The van der Waals surface area contributed by atoms with Crippen LogP contribution in [0.3, 0.4) is 0 Å². The lowest BCUT2D eigenvalue weighted by atomic mass is 9.99. The van der Waals surface area contributed by atoms with Crippen molar-refractivity contribution >= 4 is 33.2 Å². The van der Waals surface area contributed by atoms with E-state index in [0.717, 1.165) is 23.8 Å². The third kappa shape index (κ3) is 4.12. The highest BCUT2D eigenvalue weighted by atomic mass is 35.5. The maximum absolute atomic E-state index is 13.2. The van der Waals surface area contributed by atoms with Gasteiger partial charge < -0.3 is 4.90 Å². The molecule has 27 heavy (non-hydrogen) atoms. The molecule has 2 aromatic carbocycles. The summed E-state index contributed by atoms with van der Waals surface area (Å²) in [6, 6.07) is 12.2. The van der Waals surface area contributed by atoms with Gasteiger partial charge in [-0.25, -0.2) is 8.42 Å². The minimum Gasteiger partial charge on any atom is -0.336 e. The fraction of sp³-hybridized carbons (Fsp3) is 0.350. The molecule has 1 atom stereocenters. The monoisotopic (exact) mass is 406 g/mol. The van der Waals surface area contributed by atoms with Crippen molar-refractivity contribution in [1.29, 1.82) is 0 Å². The summed E-state index contributed by atoms with van der Waals surface area (Å²) in [6.07, 6.45) is 1.88. The van der Waals surface area contributed by atoms with Gasteiger partial charge in [0.25, 0.3) is 0 Å². The van der Waals surface area contributed by atoms with Gasteiger partial charge in [-0.2, -0.15) is 0 Å². The molecule has 0 saturated heterocycles. The molecule has 0 aromatic heterocycles. The minimum absolute atomic E-state index is 0.214. The zero-order valence-electron chi connectivity index (χ0n) is 15.6. The molecule has 0 N–H and O–H groups in total. The van der Waals surface area contributed by atoms with E-state index in [4.69, 9.17) is 11.6 Å². The second-order valence-corrected chi connectivity index (χ2v) is 9.24. The summed E-state index contributed by atoms with van der Waals surface area (Å²) in [4.78, 5) is 14.9. The van der Waals surface area contributed by atoms with Crippen molar-refractivity contribution < 1.29 is 13.2 Å². The van der Waals surface area contributed by atoms with E-state index in [2.05, 4.69) is 6.07 Å². The standard InChI is InChI=1S/C20H23ClN2O3S/c1-14-8-9-18(21)12-19(14)23(27(3,25)26)15(2)20(24)22-11-10-16-6-4-5-7-17(16)13-22/h4-9,12,15H,10-11,13H2,1-3H3. The first-order chi connectivity index (χ1) is 12.7. The van der Waals surface area contributed by atoms with Crippen LogP contribution < -0.4 is 4.31 Å². The number of carbonyl (C=O) groups is 1. The van der Waals surface area contributed by atoms with Gasteiger partial charge in [-0.15, -0.1) is 0 Å². The second kappa shape index (κ2) is 7.52. The number of rotatable bonds is 4. The molecule has 3 rings (SSSR count). The molecule has 7 heteroatoms. The molecule has 1 amide bonds. The lowest BCUT2D eigenvalue weighted by Crippen LogP contribution is -2.50. The van der Waals surface area contributed by atoms with E-state index >= 15 is 0 Å². The van der Waals surface area contributed by atoms with Crippen molar-refractivity contribution in [1.82, 2.24) is 4.90 Å². The topological polar surface area (TPSA) is 57.7 Å². The van der Waals surface area contributed by atoms with Crippen LogP contribution in [0.25, 0.3) is 0 Å². The molecular weight excluding hydrogens is 384 g/mol. The summed E-state index contributed by atoms with van der Waals surface area (Å²) >= 11 is 6.08. The van der Waals surface area contributed by atoms with Crippen molar-refractivity contribution in [2.24, 2.45) is 0 Å². The van der Waals surface area contributed by atoms with E-state index in [0.29, 0.717) is 23.8 Å². The Kier molecular flexibility index (Phi) is 5.49. The van der Waals surface area contributed by atoms with Crippen LogP contribution in [0.4, 0.5) is 5.69 Å². The number of benzene rings is 2. The van der Waals surface area contributed by atoms with Gasteiger partial charge in [-0.1, -0.05) is 41.9 Å². The number of amides is 1. The predicted octanol–water partition coefficient (Wildman–Crippen LogP) is 3.39. The maximum atomic E-state index is 13.2. The Morgan fingerprint density at radius 2 is 1.85 bits per heavy atom. The Balaban J connectivity index is 1.92. The summed E-state index contributed by atoms with van der Waals surface area (Å²) in [5.74, 6) is -0.214.